The van der Waals surface area contributed by atoms with E-state index in [2.05, 4.69) is 4.98 Å². The molecule has 1 heterocycles. The summed E-state index contributed by atoms with van der Waals surface area (Å²) >= 11 is 0. The third-order valence-corrected chi connectivity index (χ3v) is 4.22. The van der Waals surface area contributed by atoms with E-state index in [4.69, 9.17) is 14.2 Å². The zero-order valence-electron chi connectivity index (χ0n) is 15.2. The van der Waals surface area contributed by atoms with E-state index < -0.39 is 5.56 Å². The Hall–Kier alpha value is -3.72. The van der Waals surface area contributed by atoms with Gasteiger partial charge in [-0.3, -0.25) is 4.79 Å². The van der Waals surface area contributed by atoms with Crippen LogP contribution in [0.4, 0.5) is 0 Å². The van der Waals surface area contributed by atoms with E-state index in [1.807, 2.05) is 30.3 Å². The summed E-state index contributed by atoms with van der Waals surface area (Å²) in [5.74, 6) is 1.79. The highest BCUT2D eigenvalue weighted by Gasteiger charge is 2.16. The largest absolute Gasteiger partial charge is 0.497 e. The fourth-order valence-corrected chi connectivity index (χ4v) is 2.85. The van der Waals surface area contributed by atoms with Crippen molar-refractivity contribution in [2.24, 2.45) is 0 Å². The molecular formula is C21H18N2O4. The number of aromatic amines is 1. The molecule has 0 spiro atoms. The van der Waals surface area contributed by atoms with Crippen LogP contribution in [-0.2, 0) is 0 Å². The molecule has 0 saturated carbocycles. The maximum absolute atomic E-state index is 12.5. The zero-order chi connectivity index (χ0) is 19.4. The van der Waals surface area contributed by atoms with Gasteiger partial charge in [0.15, 0.2) is 0 Å². The van der Waals surface area contributed by atoms with Crippen LogP contribution in [0.1, 0.15) is 5.56 Å². The van der Waals surface area contributed by atoms with Crippen LogP contribution in [0.3, 0.4) is 0 Å². The highest BCUT2D eigenvalue weighted by molar-refractivity contribution is 5.79. The molecule has 3 rings (SSSR count). The molecule has 27 heavy (non-hydrogen) atoms. The summed E-state index contributed by atoms with van der Waals surface area (Å²) in [7, 11) is 4.66. The number of hydrogen-bond donors (Lipinski definition) is 1. The van der Waals surface area contributed by atoms with Crippen LogP contribution in [0.25, 0.3) is 22.4 Å². The number of methoxy groups -OCH3 is 3. The Kier molecular flexibility index (Phi) is 5.13. The van der Waals surface area contributed by atoms with Gasteiger partial charge in [-0.1, -0.05) is 12.1 Å². The van der Waals surface area contributed by atoms with Crippen LogP contribution in [-0.4, -0.2) is 26.3 Å². The number of aromatic nitrogens is 1. The van der Waals surface area contributed by atoms with Gasteiger partial charge in [-0.15, -0.1) is 0 Å². The highest BCUT2D eigenvalue weighted by atomic mass is 16.5. The summed E-state index contributed by atoms with van der Waals surface area (Å²) in [4.78, 5) is 15.3. The molecular weight excluding hydrogens is 344 g/mol. The molecule has 0 bridgehead atoms. The van der Waals surface area contributed by atoms with Crippen molar-refractivity contribution in [2.45, 2.75) is 0 Å². The van der Waals surface area contributed by atoms with Crippen molar-refractivity contribution in [1.29, 1.82) is 5.26 Å². The van der Waals surface area contributed by atoms with Crippen molar-refractivity contribution in [2.75, 3.05) is 21.3 Å². The molecule has 1 N–H and O–H groups in total. The molecule has 0 radical (unpaired) electrons. The van der Waals surface area contributed by atoms with E-state index in [9.17, 15) is 10.1 Å². The van der Waals surface area contributed by atoms with Gasteiger partial charge in [-0.25, -0.2) is 0 Å². The lowest BCUT2D eigenvalue weighted by Crippen LogP contribution is -2.13. The first-order valence-electron chi connectivity index (χ1n) is 8.15. The van der Waals surface area contributed by atoms with Crippen LogP contribution < -0.4 is 19.8 Å². The smallest absolute Gasteiger partial charge is 0.266 e. The average Bonchev–Trinajstić information content (AvgIpc) is 2.72. The number of pyridine rings is 1. The Bertz CT molecular complexity index is 1080. The Balaban J connectivity index is 2.25. The molecule has 0 unspecified atom stereocenters. The second kappa shape index (κ2) is 7.67. The van der Waals surface area contributed by atoms with Gasteiger partial charge in [-0.2, -0.15) is 5.26 Å². The summed E-state index contributed by atoms with van der Waals surface area (Å²) in [6, 6.07) is 16.3. The fourth-order valence-electron chi connectivity index (χ4n) is 2.85. The lowest BCUT2D eigenvalue weighted by Gasteiger charge is -2.13. The van der Waals surface area contributed by atoms with E-state index >= 15 is 0 Å². The van der Waals surface area contributed by atoms with Crippen molar-refractivity contribution in [3.63, 3.8) is 0 Å². The normalized spacial score (nSPS) is 10.1. The summed E-state index contributed by atoms with van der Waals surface area (Å²) < 4.78 is 15.9. The molecule has 6 heteroatoms. The minimum absolute atomic E-state index is 0.0186. The lowest BCUT2D eigenvalue weighted by molar-refractivity contribution is 0.395. The van der Waals surface area contributed by atoms with Crippen molar-refractivity contribution < 1.29 is 14.2 Å². The molecule has 6 nitrogen and oxygen atoms in total. The van der Waals surface area contributed by atoms with Gasteiger partial charge < -0.3 is 19.2 Å². The number of hydrogen-bond acceptors (Lipinski definition) is 5. The Morgan fingerprint density at radius 2 is 1.63 bits per heavy atom. The molecule has 0 atom stereocenters. The maximum Gasteiger partial charge on any atom is 0.266 e. The minimum atomic E-state index is -0.467. The topological polar surface area (TPSA) is 84.3 Å². The number of benzene rings is 2. The summed E-state index contributed by atoms with van der Waals surface area (Å²) in [5, 5.41) is 9.51. The second-order valence-electron chi connectivity index (χ2n) is 5.71. The summed E-state index contributed by atoms with van der Waals surface area (Å²) in [6.07, 6.45) is 0. The molecule has 0 aliphatic heterocycles. The molecule has 0 saturated heterocycles. The molecule has 2 aromatic carbocycles. The predicted octanol–water partition coefficient (Wildman–Crippen LogP) is 3.61. The van der Waals surface area contributed by atoms with E-state index in [0.29, 0.717) is 34.1 Å². The minimum Gasteiger partial charge on any atom is -0.497 e. The number of nitrogens with one attached hydrogen (secondary N) is 1. The molecule has 0 amide bonds. The SMILES string of the molecule is COc1cccc(-c2cc(-c3ccc(OC)cc3OC)c(C#N)c(=O)[nH]2)c1. The second-order valence-corrected chi connectivity index (χ2v) is 5.71. The third kappa shape index (κ3) is 3.48. The van der Waals surface area contributed by atoms with Gasteiger partial charge in [0.1, 0.15) is 28.9 Å². The van der Waals surface area contributed by atoms with E-state index in [-0.39, 0.29) is 5.56 Å². The molecule has 3 aromatic rings. The van der Waals surface area contributed by atoms with Gasteiger partial charge in [0, 0.05) is 28.5 Å². The number of nitrogens with zero attached hydrogens (tertiary/aromatic N) is 1. The van der Waals surface area contributed by atoms with Crippen LogP contribution >= 0.6 is 0 Å². The van der Waals surface area contributed by atoms with Crippen molar-refractivity contribution in [3.8, 4) is 45.7 Å². The first-order chi connectivity index (χ1) is 13.1. The zero-order valence-corrected chi connectivity index (χ0v) is 15.2. The van der Waals surface area contributed by atoms with E-state index in [1.54, 1.807) is 38.5 Å². The van der Waals surface area contributed by atoms with E-state index in [0.717, 1.165) is 5.56 Å². The van der Waals surface area contributed by atoms with E-state index in [1.165, 1.54) is 7.11 Å². The van der Waals surface area contributed by atoms with Gasteiger partial charge in [0.05, 0.1) is 21.3 Å². The number of H-pyrrole nitrogens is 1. The number of ether oxygens (including phenoxy) is 3. The fraction of sp³-hybridized carbons (Fsp3) is 0.143. The first-order valence-corrected chi connectivity index (χ1v) is 8.15. The Morgan fingerprint density at radius 1 is 0.889 bits per heavy atom. The quantitative estimate of drug-likeness (QED) is 0.749. The maximum atomic E-state index is 12.5. The molecule has 1 aromatic heterocycles. The van der Waals surface area contributed by atoms with Gasteiger partial charge in [0.25, 0.3) is 5.56 Å². The molecule has 0 aliphatic rings. The first kappa shape index (κ1) is 18.1. The van der Waals surface area contributed by atoms with Crippen molar-refractivity contribution >= 4 is 0 Å². The summed E-state index contributed by atoms with van der Waals surface area (Å²) in [5.41, 5.74) is 2.01. The van der Waals surface area contributed by atoms with Gasteiger partial charge in [-0.05, 0) is 30.3 Å². The molecule has 0 fully saturated rings. The Labute approximate surface area is 156 Å². The third-order valence-electron chi connectivity index (χ3n) is 4.22. The number of rotatable bonds is 5. The number of nitriles is 1. The standard InChI is InChI=1S/C21H18N2O4/c1-25-14-6-4-5-13(9-14)19-11-17(18(12-22)21(24)23-19)16-8-7-15(26-2)10-20(16)27-3/h4-11H,1-3H3,(H,23,24). The van der Waals surface area contributed by atoms with Gasteiger partial charge >= 0.3 is 0 Å². The van der Waals surface area contributed by atoms with Crippen LogP contribution in [0.2, 0.25) is 0 Å². The highest BCUT2D eigenvalue weighted by Crippen LogP contribution is 2.36. The predicted molar refractivity (Wildman–Crippen MR) is 102 cm³/mol. The summed E-state index contributed by atoms with van der Waals surface area (Å²) in [6.45, 7) is 0. The average molecular weight is 362 g/mol. The monoisotopic (exact) mass is 362 g/mol. The Morgan fingerprint density at radius 3 is 2.30 bits per heavy atom. The van der Waals surface area contributed by atoms with Crippen molar-refractivity contribution in [3.05, 3.63) is 64.4 Å². The molecule has 136 valence electrons. The van der Waals surface area contributed by atoms with Crippen molar-refractivity contribution in [1.82, 2.24) is 4.98 Å². The van der Waals surface area contributed by atoms with Crippen LogP contribution in [0.15, 0.2) is 53.3 Å². The van der Waals surface area contributed by atoms with Gasteiger partial charge in [0.2, 0.25) is 0 Å². The van der Waals surface area contributed by atoms with Crippen LogP contribution in [0, 0.1) is 11.3 Å². The lowest BCUT2D eigenvalue weighted by atomic mass is 9.98. The van der Waals surface area contributed by atoms with Crippen LogP contribution in [0.5, 0.6) is 17.2 Å². The molecule has 0 aliphatic carbocycles.